The van der Waals surface area contributed by atoms with Crippen LogP contribution in [0.4, 0.5) is 0 Å². The Labute approximate surface area is 161 Å². The van der Waals surface area contributed by atoms with Gasteiger partial charge in [0.05, 0.1) is 0 Å². The van der Waals surface area contributed by atoms with Gasteiger partial charge in [-0.3, -0.25) is 4.79 Å². The van der Waals surface area contributed by atoms with Crippen LogP contribution in [0, 0.1) is 6.92 Å². The van der Waals surface area contributed by atoms with E-state index in [1.165, 1.54) is 9.75 Å². The molecule has 1 unspecified atom stereocenters. The molecule has 1 aromatic rings. The average molecular weight is 452 g/mol. The van der Waals surface area contributed by atoms with Crippen LogP contribution >= 0.6 is 35.3 Å². The van der Waals surface area contributed by atoms with E-state index in [0.717, 1.165) is 19.4 Å². The van der Waals surface area contributed by atoms with Gasteiger partial charge in [-0.05, 0) is 32.4 Å². The van der Waals surface area contributed by atoms with Gasteiger partial charge in [0.15, 0.2) is 5.96 Å². The van der Waals surface area contributed by atoms with Gasteiger partial charge in [0.2, 0.25) is 5.91 Å². The Bertz CT molecular complexity index is 502. The molecule has 0 radical (unpaired) electrons. The fraction of sp³-hybridized carbons (Fsp3) is 0.625. The maximum atomic E-state index is 11.7. The molecule has 0 fully saturated rings. The minimum atomic E-state index is -0.000803. The van der Waals surface area contributed by atoms with Crippen LogP contribution in [0.2, 0.25) is 0 Å². The van der Waals surface area contributed by atoms with E-state index < -0.39 is 0 Å². The molecule has 0 aliphatic rings. The van der Waals surface area contributed by atoms with E-state index in [1.54, 1.807) is 19.0 Å². The summed E-state index contributed by atoms with van der Waals surface area (Å²) < 4.78 is 0. The number of hydrogen-bond acceptors (Lipinski definition) is 3. The van der Waals surface area contributed by atoms with E-state index in [0.29, 0.717) is 5.96 Å². The first-order valence-electron chi connectivity index (χ1n) is 7.72. The Balaban J connectivity index is 0.00000484. The standard InChI is InChI=1S/C16H28N4OS.HI/c1-6-9-17-16(18-11-15(21)20(4)5)19-12(2)10-14-8-7-13(3)22-14;/h7-8,12H,6,9-11H2,1-5H3,(H2,17,18,19);1H. The molecule has 0 spiro atoms. The molecule has 1 heterocycles. The molecule has 23 heavy (non-hydrogen) atoms. The minimum Gasteiger partial charge on any atom is -0.356 e. The van der Waals surface area contributed by atoms with Crippen LogP contribution in [0.1, 0.15) is 30.0 Å². The molecule has 0 saturated carbocycles. The van der Waals surface area contributed by atoms with Gasteiger partial charge in [-0.1, -0.05) is 6.92 Å². The van der Waals surface area contributed by atoms with Crippen molar-refractivity contribution >= 4 is 47.2 Å². The maximum Gasteiger partial charge on any atom is 0.243 e. The Kier molecular flexibility index (Phi) is 11.2. The topological polar surface area (TPSA) is 56.7 Å². The highest BCUT2D eigenvalue weighted by molar-refractivity contribution is 14.0. The Morgan fingerprint density at radius 3 is 2.61 bits per heavy atom. The second-order valence-electron chi connectivity index (χ2n) is 5.64. The molecule has 5 nitrogen and oxygen atoms in total. The predicted molar refractivity (Wildman–Crippen MR) is 110 cm³/mol. The largest absolute Gasteiger partial charge is 0.356 e. The van der Waals surface area contributed by atoms with E-state index in [2.05, 4.69) is 48.5 Å². The molecule has 0 saturated heterocycles. The van der Waals surface area contributed by atoms with Gasteiger partial charge in [0.25, 0.3) is 0 Å². The summed E-state index contributed by atoms with van der Waals surface area (Å²) in [7, 11) is 3.48. The number of likely N-dealkylation sites (N-methyl/N-ethyl adjacent to an activating group) is 1. The normalized spacial score (nSPS) is 12.3. The van der Waals surface area contributed by atoms with Crippen LogP contribution in [0.15, 0.2) is 17.1 Å². The first kappa shape index (κ1) is 22.2. The average Bonchev–Trinajstić information content (AvgIpc) is 2.86. The second kappa shape index (κ2) is 11.7. The molecule has 0 aromatic carbocycles. The fourth-order valence-corrected chi connectivity index (χ4v) is 2.88. The summed E-state index contributed by atoms with van der Waals surface area (Å²) in [5.41, 5.74) is 0. The van der Waals surface area contributed by atoms with Crippen molar-refractivity contribution in [3.8, 4) is 0 Å². The van der Waals surface area contributed by atoms with E-state index >= 15 is 0 Å². The number of carbonyl (C=O) groups is 1. The van der Waals surface area contributed by atoms with Gasteiger partial charge in [0, 0.05) is 42.9 Å². The van der Waals surface area contributed by atoms with Gasteiger partial charge in [-0.2, -0.15) is 0 Å². The predicted octanol–water partition coefficient (Wildman–Crippen LogP) is 2.64. The number of amides is 1. The molecule has 2 N–H and O–H groups in total. The second-order valence-corrected chi connectivity index (χ2v) is 7.01. The number of aryl methyl sites for hydroxylation is 1. The summed E-state index contributed by atoms with van der Waals surface area (Å²) in [6.45, 7) is 7.36. The zero-order valence-electron chi connectivity index (χ0n) is 14.7. The van der Waals surface area contributed by atoms with Gasteiger partial charge in [-0.15, -0.1) is 35.3 Å². The molecule has 0 aliphatic carbocycles. The van der Waals surface area contributed by atoms with Crippen molar-refractivity contribution in [2.24, 2.45) is 4.99 Å². The lowest BCUT2D eigenvalue weighted by molar-refractivity contribution is -0.127. The summed E-state index contributed by atoms with van der Waals surface area (Å²) in [5, 5.41) is 6.64. The first-order valence-corrected chi connectivity index (χ1v) is 8.54. The van der Waals surface area contributed by atoms with Gasteiger partial charge in [-0.25, -0.2) is 4.99 Å². The number of aliphatic imine (C=N–C) groups is 1. The van der Waals surface area contributed by atoms with Gasteiger partial charge < -0.3 is 15.5 Å². The van der Waals surface area contributed by atoms with Gasteiger partial charge in [0.1, 0.15) is 6.54 Å². The van der Waals surface area contributed by atoms with Crippen LogP contribution in [0.25, 0.3) is 0 Å². The van der Waals surface area contributed by atoms with Crippen molar-refractivity contribution in [2.75, 3.05) is 27.2 Å². The summed E-state index contributed by atoms with van der Waals surface area (Å²) >= 11 is 1.82. The first-order chi connectivity index (χ1) is 10.4. The van der Waals surface area contributed by atoms with Crippen LogP contribution in [-0.2, 0) is 11.2 Å². The molecular formula is C16H29IN4OS. The van der Waals surface area contributed by atoms with E-state index in [4.69, 9.17) is 0 Å². The van der Waals surface area contributed by atoms with Crippen LogP contribution in [0.5, 0.6) is 0 Å². The zero-order valence-corrected chi connectivity index (χ0v) is 17.8. The molecule has 0 bridgehead atoms. The molecule has 1 aromatic heterocycles. The number of halogens is 1. The van der Waals surface area contributed by atoms with Crippen LogP contribution < -0.4 is 10.6 Å². The van der Waals surface area contributed by atoms with Crippen molar-refractivity contribution in [1.82, 2.24) is 15.5 Å². The smallest absolute Gasteiger partial charge is 0.243 e. The number of carbonyl (C=O) groups excluding carboxylic acids is 1. The van der Waals surface area contributed by atoms with E-state index in [-0.39, 0.29) is 42.5 Å². The third-order valence-corrected chi connectivity index (χ3v) is 4.12. The van der Waals surface area contributed by atoms with Crippen molar-refractivity contribution in [2.45, 2.75) is 39.7 Å². The van der Waals surface area contributed by atoms with Crippen molar-refractivity contribution in [3.05, 3.63) is 21.9 Å². The molecule has 7 heteroatoms. The number of rotatable bonds is 7. The Morgan fingerprint density at radius 1 is 1.39 bits per heavy atom. The van der Waals surface area contributed by atoms with Crippen LogP contribution in [0.3, 0.4) is 0 Å². The summed E-state index contributed by atoms with van der Waals surface area (Å²) in [5.74, 6) is 0.706. The summed E-state index contributed by atoms with van der Waals surface area (Å²) in [4.78, 5) is 20.3. The highest BCUT2D eigenvalue weighted by Gasteiger charge is 2.09. The lowest BCUT2D eigenvalue weighted by Crippen LogP contribution is -2.44. The highest BCUT2D eigenvalue weighted by Crippen LogP contribution is 2.16. The maximum absolute atomic E-state index is 11.7. The molecule has 1 atom stereocenters. The third-order valence-electron chi connectivity index (χ3n) is 3.10. The highest BCUT2D eigenvalue weighted by atomic mass is 127. The number of guanidine groups is 1. The van der Waals surface area contributed by atoms with Crippen molar-refractivity contribution in [1.29, 1.82) is 0 Å². The number of hydrogen-bond donors (Lipinski definition) is 2. The Morgan fingerprint density at radius 2 is 2.09 bits per heavy atom. The number of thiophene rings is 1. The number of nitrogens with zero attached hydrogens (tertiary/aromatic N) is 2. The molecule has 1 rings (SSSR count). The molecule has 1 amide bonds. The lowest BCUT2D eigenvalue weighted by atomic mass is 10.2. The number of nitrogens with one attached hydrogen (secondary N) is 2. The molecular weight excluding hydrogens is 423 g/mol. The quantitative estimate of drug-likeness (QED) is 0.380. The van der Waals surface area contributed by atoms with Gasteiger partial charge >= 0.3 is 0 Å². The third kappa shape index (κ3) is 9.14. The van der Waals surface area contributed by atoms with Crippen molar-refractivity contribution < 1.29 is 4.79 Å². The van der Waals surface area contributed by atoms with E-state index in [9.17, 15) is 4.79 Å². The van der Waals surface area contributed by atoms with E-state index in [1.807, 2.05) is 11.3 Å². The van der Waals surface area contributed by atoms with Crippen LogP contribution in [-0.4, -0.2) is 50.0 Å². The lowest BCUT2D eigenvalue weighted by Gasteiger charge is -2.18. The molecule has 0 aliphatic heterocycles. The monoisotopic (exact) mass is 452 g/mol. The summed E-state index contributed by atoms with van der Waals surface area (Å²) in [6, 6.07) is 4.58. The summed E-state index contributed by atoms with van der Waals surface area (Å²) in [6.07, 6.45) is 1.97. The van der Waals surface area contributed by atoms with Crippen molar-refractivity contribution in [3.63, 3.8) is 0 Å². The zero-order chi connectivity index (χ0) is 16.5. The Hall–Kier alpha value is -0.830. The minimum absolute atomic E-state index is 0. The molecule has 132 valence electrons. The SMILES string of the molecule is CCCNC(=NCC(=O)N(C)C)NC(C)Cc1ccc(C)s1.I. The fourth-order valence-electron chi connectivity index (χ4n) is 1.87.